The summed E-state index contributed by atoms with van der Waals surface area (Å²) >= 11 is 11.5. The van der Waals surface area contributed by atoms with Crippen LogP contribution in [-0.2, 0) is 4.79 Å². The summed E-state index contributed by atoms with van der Waals surface area (Å²) in [5.41, 5.74) is -0.0236. The van der Waals surface area contributed by atoms with Gasteiger partial charge in [-0.25, -0.2) is 0 Å². The summed E-state index contributed by atoms with van der Waals surface area (Å²) in [6, 6.07) is 12.1. The molecule has 0 heterocycles. The van der Waals surface area contributed by atoms with Crippen molar-refractivity contribution < 1.29 is 9.72 Å². The first-order chi connectivity index (χ1) is 11.4. The number of benzene rings is 2. The van der Waals surface area contributed by atoms with E-state index in [1.165, 1.54) is 18.2 Å². The van der Waals surface area contributed by atoms with Gasteiger partial charge in [0.05, 0.1) is 4.92 Å². The summed E-state index contributed by atoms with van der Waals surface area (Å²) in [6.45, 7) is 0. The molecule has 0 bridgehead atoms. The van der Waals surface area contributed by atoms with Crippen molar-refractivity contribution in [3.63, 3.8) is 0 Å². The van der Waals surface area contributed by atoms with Gasteiger partial charge in [-0.1, -0.05) is 35.3 Å². The summed E-state index contributed by atoms with van der Waals surface area (Å²) in [6.07, 6.45) is 1.35. The molecule has 0 saturated heterocycles. The van der Waals surface area contributed by atoms with Crippen LogP contribution in [-0.4, -0.2) is 10.8 Å². The zero-order valence-electron chi connectivity index (χ0n) is 12.0. The van der Waals surface area contributed by atoms with Crippen LogP contribution in [0.25, 0.3) is 6.08 Å². The third-order valence-corrected chi connectivity index (χ3v) is 3.44. The Labute approximate surface area is 147 Å². The van der Waals surface area contributed by atoms with Gasteiger partial charge in [0.2, 0.25) is 0 Å². The topological polar surface area (TPSA) is 96.0 Å². The Morgan fingerprint density at radius 2 is 1.79 bits per heavy atom. The largest absolute Gasteiger partial charge is 0.316 e. The fourth-order valence-electron chi connectivity index (χ4n) is 1.83. The molecule has 0 aliphatic rings. The Morgan fingerprint density at radius 3 is 2.38 bits per heavy atom. The highest BCUT2D eigenvalue weighted by Crippen LogP contribution is 2.28. The van der Waals surface area contributed by atoms with Crippen LogP contribution in [0, 0.1) is 21.4 Å². The lowest BCUT2D eigenvalue weighted by atomic mass is 10.1. The van der Waals surface area contributed by atoms with E-state index in [0.29, 0.717) is 10.6 Å². The van der Waals surface area contributed by atoms with Gasteiger partial charge in [0.15, 0.2) is 0 Å². The highest BCUT2D eigenvalue weighted by molar-refractivity contribution is 6.31. The van der Waals surface area contributed by atoms with Crippen molar-refractivity contribution in [2.24, 2.45) is 0 Å². The quantitative estimate of drug-likeness (QED) is 0.376. The summed E-state index contributed by atoms with van der Waals surface area (Å²) in [7, 11) is 0. The lowest BCUT2D eigenvalue weighted by molar-refractivity contribution is -0.383. The van der Waals surface area contributed by atoms with E-state index in [1.807, 2.05) is 0 Å². The summed E-state index contributed by atoms with van der Waals surface area (Å²) in [5.74, 6) is -0.766. The SMILES string of the molecule is N#CC(=Cc1ccc(Cl)cc1)C(=O)Nc1ccc(Cl)cc1[N+](=O)[O-]. The van der Waals surface area contributed by atoms with Crippen LogP contribution in [0.5, 0.6) is 0 Å². The first kappa shape index (κ1) is 17.5. The summed E-state index contributed by atoms with van der Waals surface area (Å²) in [5, 5.41) is 23.2. The van der Waals surface area contributed by atoms with E-state index in [1.54, 1.807) is 30.3 Å². The fourth-order valence-corrected chi connectivity index (χ4v) is 2.12. The number of hydrogen-bond donors (Lipinski definition) is 1. The molecule has 24 heavy (non-hydrogen) atoms. The highest BCUT2D eigenvalue weighted by Gasteiger charge is 2.18. The smallest absolute Gasteiger partial charge is 0.294 e. The van der Waals surface area contributed by atoms with E-state index < -0.39 is 10.8 Å². The molecule has 0 atom stereocenters. The number of nitrogens with one attached hydrogen (secondary N) is 1. The number of nitro groups is 1. The molecule has 2 rings (SSSR count). The van der Waals surface area contributed by atoms with Crippen molar-refractivity contribution in [2.75, 3.05) is 5.32 Å². The Balaban J connectivity index is 2.29. The van der Waals surface area contributed by atoms with Crippen LogP contribution in [0.1, 0.15) is 5.56 Å². The molecular formula is C16H9Cl2N3O3. The molecule has 1 N–H and O–H groups in total. The van der Waals surface area contributed by atoms with Gasteiger partial charge >= 0.3 is 0 Å². The normalized spacial score (nSPS) is 10.8. The molecule has 2 aromatic carbocycles. The number of nitro benzene ring substituents is 1. The van der Waals surface area contributed by atoms with Gasteiger partial charge < -0.3 is 5.32 Å². The second-order valence-corrected chi connectivity index (χ2v) is 5.47. The van der Waals surface area contributed by atoms with E-state index in [2.05, 4.69) is 5.32 Å². The van der Waals surface area contributed by atoms with Crippen molar-refractivity contribution in [3.05, 3.63) is 73.8 Å². The number of rotatable bonds is 4. The minimum absolute atomic E-state index is 0.0494. The molecule has 0 fully saturated rings. The van der Waals surface area contributed by atoms with Gasteiger partial charge in [0, 0.05) is 16.1 Å². The van der Waals surface area contributed by atoms with E-state index >= 15 is 0 Å². The second kappa shape index (κ2) is 7.59. The van der Waals surface area contributed by atoms with Crippen molar-refractivity contribution in [1.82, 2.24) is 0 Å². The molecule has 0 unspecified atom stereocenters. The number of hydrogen-bond acceptors (Lipinski definition) is 4. The third kappa shape index (κ3) is 4.32. The van der Waals surface area contributed by atoms with Gasteiger partial charge in [-0.2, -0.15) is 5.26 Å². The predicted octanol–water partition coefficient (Wildman–Crippen LogP) is 4.45. The second-order valence-electron chi connectivity index (χ2n) is 4.59. The van der Waals surface area contributed by atoms with E-state index in [-0.39, 0.29) is 22.0 Å². The van der Waals surface area contributed by atoms with Crippen LogP contribution in [0.4, 0.5) is 11.4 Å². The molecule has 0 aliphatic carbocycles. The molecule has 0 aromatic heterocycles. The Morgan fingerprint density at radius 1 is 1.17 bits per heavy atom. The number of nitriles is 1. The zero-order chi connectivity index (χ0) is 17.7. The molecule has 0 aliphatic heterocycles. The van der Waals surface area contributed by atoms with Gasteiger partial charge in [-0.3, -0.25) is 14.9 Å². The number of carbonyl (C=O) groups excluding carboxylic acids is 1. The molecule has 0 radical (unpaired) electrons. The molecule has 6 nitrogen and oxygen atoms in total. The highest BCUT2D eigenvalue weighted by atomic mass is 35.5. The van der Waals surface area contributed by atoms with Crippen molar-refractivity contribution in [3.8, 4) is 6.07 Å². The lowest BCUT2D eigenvalue weighted by Gasteiger charge is -2.05. The van der Waals surface area contributed by atoms with Crippen LogP contribution in [0.15, 0.2) is 48.0 Å². The fraction of sp³-hybridized carbons (Fsp3) is 0. The molecular weight excluding hydrogens is 353 g/mol. The van der Waals surface area contributed by atoms with Crippen molar-refractivity contribution >= 4 is 46.6 Å². The van der Waals surface area contributed by atoms with Crippen LogP contribution in [0.2, 0.25) is 10.0 Å². The Kier molecular flexibility index (Phi) is 5.53. The number of amides is 1. The van der Waals surface area contributed by atoms with Gasteiger partial charge in [-0.15, -0.1) is 0 Å². The molecule has 8 heteroatoms. The van der Waals surface area contributed by atoms with Gasteiger partial charge in [0.1, 0.15) is 17.3 Å². The van der Waals surface area contributed by atoms with E-state index in [9.17, 15) is 14.9 Å². The average Bonchev–Trinajstić information content (AvgIpc) is 2.55. The van der Waals surface area contributed by atoms with Gasteiger partial charge in [0.25, 0.3) is 11.6 Å². The Bertz CT molecular complexity index is 871. The molecule has 2 aromatic rings. The molecule has 120 valence electrons. The van der Waals surface area contributed by atoms with Crippen molar-refractivity contribution in [2.45, 2.75) is 0 Å². The lowest BCUT2D eigenvalue weighted by Crippen LogP contribution is -2.14. The minimum Gasteiger partial charge on any atom is -0.316 e. The predicted molar refractivity (Wildman–Crippen MR) is 91.8 cm³/mol. The van der Waals surface area contributed by atoms with Crippen LogP contribution >= 0.6 is 23.2 Å². The average molecular weight is 362 g/mol. The standard InChI is InChI=1S/C16H9Cl2N3O3/c17-12-3-1-10(2-4-12)7-11(9-19)16(22)20-14-6-5-13(18)8-15(14)21(23)24/h1-8H,(H,20,22). The maximum atomic E-state index is 12.2. The molecule has 0 spiro atoms. The summed E-state index contributed by atoms with van der Waals surface area (Å²) in [4.78, 5) is 22.5. The van der Waals surface area contributed by atoms with Gasteiger partial charge in [-0.05, 0) is 35.9 Å². The molecule has 1 amide bonds. The maximum Gasteiger partial charge on any atom is 0.294 e. The van der Waals surface area contributed by atoms with Crippen LogP contribution in [0.3, 0.4) is 0 Å². The number of anilines is 1. The Hall–Kier alpha value is -2.88. The maximum absolute atomic E-state index is 12.2. The first-order valence-corrected chi connectivity index (χ1v) is 7.29. The van der Waals surface area contributed by atoms with Crippen LogP contribution < -0.4 is 5.32 Å². The minimum atomic E-state index is -0.766. The first-order valence-electron chi connectivity index (χ1n) is 6.53. The number of nitrogens with zero attached hydrogens (tertiary/aromatic N) is 2. The zero-order valence-corrected chi connectivity index (χ0v) is 13.5. The third-order valence-electron chi connectivity index (χ3n) is 2.95. The number of carbonyl (C=O) groups is 1. The number of halogens is 2. The monoisotopic (exact) mass is 361 g/mol. The van der Waals surface area contributed by atoms with E-state index in [0.717, 1.165) is 6.07 Å². The summed E-state index contributed by atoms with van der Waals surface area (Å²) < 4.78 is 0. The van der Waals surface area contributed by atoms with E-state index in [4.69, 9.17) is 28.5 Å². The van der Waals surface area contributed by atoms with Crippen molar-refractivity contribution in [1.29, 1.82) is 5.26 Å². The molecule has 0 saturated carbocycles.